The minimum atomic E-state index is 0.151. The first-order valence-corrected chi connectivity index (χ1v) is 6.30. The second-order valence-electron chi connectivity index (χ2n) is 4.26. The number of pyridine rings is 1. The first kappa shape index (κ1) is 12.2. The maximum absolute atomic E-state index is 4.62. The highest BCUT2D eigenvalue weighted by Gasteiger charge is 2.15. The van der Waals surface area contributed by atoms with Crippen molar-refractivity contribution in [3.63, 3.8) is 0 Å². The number of aromatic nitrogens is 1. The van der Waals surface area contributed by atoms with Crippen LogP contribution in [0, 0.1) is 0 Å². The SMILES string of the molecule is CC.CC(C)(C)c1ccc2ccsc2n1. The molecule has 2 aromatic heterocycles. The van der Waals surface area contributed by atoms with Gasteiger partial charge < -0.3 is 0 Å². The van der Waals surface area contributed by atoms with Gasteiger partial charge in [-0.15, -0.1) is 11.3 Å². The molecule has 2 heterocycles. The summed E-state index contributed by atoms with van der Waals surface area (Å²) in [6.07, 6.45) is 0. The Labute approximate surface area is 96.2 Å². The summed E-state index contributed by atoms with van der Waals surface area (Å²) in [6, 6.07) is 6.38. The van der Waals surface area contributed by atoms with Gasteiger partial charge in [-0.1, -0.05) is 40.7 Å². The van der Waals surface area contributed by atoms with E-state index in [0.717, 1.165) is 4.83 Å². The molecule has 82 valence electrons. The van der Waals surface area contributed by atoms with Crippen molar-refractivity contribution in [2.75, 3.05) is 0 Å². The molecule has 0 radical (unpaired) electrons. The molecule has 0 saturated heterocycles. The van der Waals surface area contributed by atoms with Gasteiger partial charge >= 0.3 is 0 Å². The fraction of sp³-hybridized carbons (Fsp3) is 0.462. The van der Waals surface area contributed by atoms with Crippen molar-refractivity contribution in [1.82, 2.24) is 4.98 Å². The lowest BCUT2D eigenvalue weighted by Gasteiger charge is -2.17. The van der Waals surface area contributed by atoms with Crippen molar-refractivity contribution in [3.8, 4) is 0 Å². The summed E-state index contributed by atoms with van der Waals surface area (Å²) in [5.74, 6) is 0. The molecule has 0 aromatic carbocycles. The fourth-order valence-corrected chi connectivity index (χ4v) is 2.03. The molecule has 0 amide bonds. The van der Waals surface area contributed by atoms with E-state index in [1.54, 1.807) is 11.3 Å². The number of fused-ring (bicyclic) bond motifs is 1. The zero-order valence-electron chi connectivity index (χ0n) is 10.2. The van der Waals surface area contributed by atoms with Crippen LogP contribution in [-0.4, -0.2) is 4.98 Å². The van der Waals surface area contributed by atoms with Gasteiger partial charge in [0.2, 0.25) is 0 Å². The topological polar surface area (TPSA) is 12.9 Å². The van der Waals surface area contributed by atoms with Crippen molar-refractivity contribution in [3.05, 3.63) is 29.3 Å². The summed E-state index contributed by atoms with van der Waals surface area (Å²) in [5.41, 5.74) is 1.32. The van der Waals surface area contributed by atoms with Crippen LogP contribution >= 0.6 is 11.3 Å². The van der Waals surface area contributed by atoms with Crippen LogP contribution < -0.4 is 0 Å². The highest BCUT2D eigenvalue weighted by Crippen LogP contribution is 2.25. The summed E-state index contributed by atoms with van der Waals surface area (Å²) in [4.78, 5) is 5.77. The molecule has 0 saturated carbocycles. The number of nitrogens with zero attached hydrogens (tertiary/aromatic N) is 1. The zero-order chi connectivity index (χ0) is 11.5. The molecule has 0 aliphatic carbocycles. The Morgan fingerprint density at radius 1 is 1.07 bits per heavy atom. The van der Waals surface area contributed by atoms with E-state index >= 15 is 0 Å². The molecule has 0 bridgehead atoms. The highest BCUT2D eigenvalue weighted by atomic mass is 32.1. The van der Waals surface area contributed by atoms with Crippen LogP contribution in [0.15, 0.2) is 23.6 Å². The van der Waals surface area contributed by atoms with Crippen molar-refractivity contribution in [1.29, 1.82) is 0 Å². The molecule has 15 heavy (non-hydrogen) atoms. The predicted octanol–water partition coefficient (Wildman–Crippen LogP) is 4.62. The Morgan fingerprint density at radius 3 is 2.33 bits per heavy atom. The third-order valence-electron chi connectivity index (χ3n) is 2.09. The van der Waals surface area contributed by atoms with Crippen LogP contribution in [0.25, 0.3) is 10.2 Å². The van der Waals surface area contributed by atoms with Crippen LogP contribution in [0.5, 0.6) is 0 Å². The second-order valence-corrected chi connectivity index (χ2v) is 5.16. The molecule has 1 nitrogen and oxygen atoms in total. The van der Waals surface area contributed by atoms with Crippen molar-refractivity contribution >= 4 is 21.6 Å². The quantitative estimate of drug-likeness (QED) is 0.632. The molecular formula is C13H19NS. The molecule has 0 fully saturated rings. The van der Waals surface area contributed by atoms with E-state index in [-0.39, 0.29) is 5.41 Å². The van der Waals surface area contributed by atoms with Gasteiger partial charge in [-0.3, -0.25) is 0 Å². The molecule has 0 N–H and O–H groups in total. The predicted molar refractivity (Wildman–Crippen MR) is 69.7 cm³/mol. The maximum Gasteiger partial charge on any atom is 0.123 e. The molecule has 0 atom stereocenters. The average Bonchev–Trinajstić information content (AvgIpc) is 2.66. The molecule has 0 spiro atoms. The largest absolute Gasteiger partial charge is 0.241 e. The van der Waals surface area contributed by atoms with Crippen molar-refractivity contribution in [2.24, 2.45) is 0 Å². The fourth-order valence-electron chi connectivity index (χ4n) is 1.26. The van der Waals surface area contributed by atoms with E-state index in [2.05, 4.69) is 49.3 Å². The van der Waals surface area contributed by atoms with Crippen LogP contribution in [0.1, 0.15) is 40.3 Å². The second kappa shape index (κ2) is 4.75. The Kier molecular flexibility index (Phi) is 3.86. The number of hydrogen-bond donors (Lipinski definition) is 0. The number of rotatable bonds is 0. The van der Waals surface area contributed by atoms with Gasteiger partial charge in [0.1, 0.15) is 4.83 Å². The van der Waals surface area contributed by atoms with Gasteiger partial charge in [0, 0.05) is 16.5 Å². The zero-order valence-corrected chi connectivity index (χ0v) is 11.0. The van der Waals surface area contributed by atoms with Gasteiger partial charge in [0.05, 0.1) is 0 Å². The van der Waals surface area contributed by atoms with E-state index in [9.17, 15) is 0 Å². The van der Waals surface area contributed by atoms with Crippen LogP contribution in [-0.2, 0) is 5.41 Å². The van der Waals surface area contributed by atoms with Gasteiger partial charge in [-0.05, 0) is 17.5 Å². The third-order valence-corrected chi connectivity index (χ3v) is 2.91. The van der Waals surface area contributed by atoms with Crippen molar-refractivity contribution < 1.29 is 0 Å². The van der Waals surface area contributed by atoms with Gasteiger partial charge in [-0.2, -0.15) is 0 Å². The average molecular weight is 221 g/mol. The van der Waals surface area contributed by atoms with Gasteiger partial charge in [-0.25, -0.2) is 4.98 Å². The van der Waals surface area contributed by atoms with E-state index in [0.29, 0.717) is 0 Å². The molecule has 0 aliphatic rings. The molecule has 2 heteroatoms. The van der Waals surface area contributed by atoms with Crippen molar-refractivity contribution in [2.45, 2.75) is 40.0 Å². The Morgan fingerprint density at radius 2 is 1.73 bits per heavy atom. The Balaban J connectivity index is 0.000000531. The lowest BCUT2D eigenvalue weighted by molar-refractivity contribution is 0.572. The minimum absolute atomic E-state index is 0.151. The Bertz CT molecular complexity index is 423. The smallest absolute Gasteiger partial charge is 0.123 e. The summed E-state index contributed by atoms with van der Waals surface area (Å²) in [5, 5.41) is 3.34. The lowest BCUT2D eigenvalue weighted by Crippen LogP contribution is -2.12. The van der Waals surface area contributed by atoms with Crippen LogP contribution in [0.2, 0.25) is 0 Å². The normalized spacial score (nSPS) is 11.0. The summed E-state index contributed by atoms with van der Waals surface area (Å²) >= 11 is 1.71. The van der Waals surface area contributed by atoms with E-state index in [4.69, 9.17) is 0 Å². The molecule has 0 aliphatic heterocycles. The summed E-state index contributed by atoms with van der Waals surface area (Å²) in [6.45, 7) is 10.6. The van der Waals surface area contributed by atoms with Crippen LogP contribution in [0.3, 0.4) is 0 Å². The van der Waals surface area contributed by atoms with E-state index < -0.39 is 0 Å². The maximum atomic E-state index is 4.62. The van der Waals surface area contributed by atoms with E-state index in [1.807, 2.05) is 13.8 Å². The molecule has 2 aromatic rings. The molecule has 2 rings (SSSR count). The minimum Gasteiger partial charge on any atom is -0.241 e. The van der Waals surface area contributed by atoms with Gasteiger partial charge in [0.25, 0.3) is 0 Å². The standard InChI is InChI=1S/C11H13NS.C2H6/c1-11(2,3)9-5-4-8-6-7-13-10(8)12-9;1-2/h4-7H,1-3H3;1-2H3. The highest BCUT2D eigenvalue weighted by molar-refractivity contribution is 7.16. The van der Waals surface area contributed by atoms with E-state index in [1.165, 1.54) is 11.1 Å². The number of thiophene rings is 1. The third kappa shape index (κ3) is 2.78. The first-order valence-electron chi connectivity index (χ1n) is 5.42. The Hall–Kier alpha value is -0.890. The number of hydrogen-bond acceptors (Lipinski definition) is 2. The molecular weight excluding hydrogens is 202 g/mol. The summed E-state index contributed by atoms with van der Waals surface area (Å²) < 4.78 is 0. The lowest BCUT2D eigenvalue weighted by atomic mass is 9.92. The van der Waals surface area contributed by atoms with Gasteiger partial charge in [0.15, 0.2) is 0 Å². The first-order chi connectivity index (χ1) is 7.07. The summed E-state index contributed by atoms with van der Waals surface area (Å²) in [7, 11) is 0. The van der Waals surface area contributed by atoms with Crippen LogP contribution in [0.4, 0.5) is 0 Å². The monoisotopic (exact) mass is 221 g/mol. The molecule has 0 unspecified atom stereocenters.